The third-order valence-electron chi connectivity index (χ3n) is 4.62. The second-order valence-electron chi connectivity index (χ2n) is 7.19. The van der Waals surface area contributed by atoms with Crippen molar-refractivity contribution < 1.29 is 27.6 Å². The molecule has 2 atom stereocenters. The number of benzene rings is 1. The van der Waals surface area contributed by atoms with Crippen molar-refractivity contribution in [2.75, 3.05) is 43.6 Å². The van der Waals surface area contributed by atoms with E-state index in [0.29, 0.717) is 24.4 Å². The fourth-order valence-corrected chi connectivity index (χ4v) is 5.26. The number of rotatable bonds is 8. The molecule has 1 saturated heterocycles. The lowest BCUT2D eigenvalue weighted by atomic mass is 10.0. The number of likely N-dealkylation sites (N-methyl/N-ethyl adjacent to an activating group) is 1. The lowest BCUT2D eigenvalue weighted by Crippen LogP contribution is -3.14. The molecule has 0 radical (unpaired) electrons. The minimum absolute atomic E-state index is 0.0382. The van der Waals surface area contributed by atoms with E-state index in [-0.39, 0.29) is 36.4 Å². The van der Waals surface area contributed by atoms with E-state index in [1.807, 2.05) is 6.92 Å². The Hall–Kier alpha value is -2.13. The summed E-state index contributed by atoms with van der Waals surface area (Å²) in [5.74, 6) is 0.246. The molecule has 0 aromatic heterocycles. The molecular formula is C18H28N3O5S+. The predicted octanol–water partition coefficient (Wildman–Crippen LogP) is -0.768. The van der Waals surface area contributed by atoms with Gasteiger partial charge in [0.1, 0.15) is 5.75 Å². The first-order valence-electron chi connectivity index (χ1n) is 8.93. The molecule has 1 aliphatic heterocycles. The summed E-state index contributed by atoms with van der Waals surface area (Å²) in [6.07, 6.45) is 0.416. The van der Waals surface area contributed by atoms with Crippen molar-refractivity contribution in [2.24, 2.45) is 0 Å². The van der Waals surface area contributed by atoms with Gasteiger partial charge in [-0.2, -0.15) is 0 Å². The molecule has 2 rings (SSSR count). The number of amides is 2. The smallest absolute Gasteiger partial charge is 0.279 e. The normalized spacial score (nSPS) is 22.0. The average Bonchev–Trinajstić information content (AvgIpc) is 2.86. The zero-order valence-electron chi connectivity index (χ0n) is 16.0. The van der Waals surface area contributed by atoms with E-state index in [0.717, 1.165) is 4.90 Å². The number of carbonyl (C=O) groups is 2. The zero-order chi connectivity index (χ0) is 20.1. The first-order chi connectivity index (χ1) is 12.6. The SMILES string of the molecule is CC[NH+](CC(=O)Nc1cccc(OC)c1)CC(=O)N[C@]1(C)CCS(=O)(=O)C1. The van der Waals surface area contributed by atoms with Crippen molar-refractivity contribution in [1.29, 1.82) is 0 Å². The van der Waals surface area contributed by atoms with Gasteiger partial charge in [0.15, 0.2) is 22.9 Å². The molecule has 8 nitrogen and oxygen atoms in total. The molecule has 0 saturated carbocycles. The van der Waals surface area contributed by atoms with Crippen molar-refractivity contribution in [3.8, 4) is 5.75 Å². The number of carbonyl (C=O) groups excluding carboxylic acids is 2. The van der Waals surface area contributed by atoms with Gasteiger partial charge in [0.05, 0.1) is 30.7 Å². The summed E-state index contributed by atoms with van der Waals surface area (Å²) < 4.78 is 28.4. The van der Waals surface area contributed by atoms with Gasteiger partial charge in [0, 0.05) is 11.8 Å². The van der Waals surface area contributed by atoms with Gasteiger partial charge in [-0.25, -0.2) is 8.42 Å². The molecule has 9 heteroatoms. The van der Waals surface area contributed by atoms with Crippen molar-refractivity contribution in [2.45, 2.75) is 25.8 Å². The Balaban J connectivity index is 1.87. The Labute approximate surface area is 160 Å². The number of nitrogens with one attached hydrogen (secondary N) is 3. The third kappa shape index (κ3) is 6.51. The van der Waals surface area contributed by atoms with E-state index in [4.69, 9.17) is 4.74 Å². The monoisotopic (exact) mass is 398 g/mol. The highest BCUT2D eigenvalue weighted by Gasteiger charge is 2.39. The van der Waals surface area contributed by atoms with Crippen LogP contribution in [0.3, 0.4) is 0 Å². The molecule has 1 fully saturated rings. The van der Waals surface area contributed by atoms with Gasteiger partial charge in [-0.1, -0.05) is 6.07 Å². The van der Waals surface area contributed by atoms with Crippen LogP contribution in [0.5, 0.6) is 5.75 Å². The molecule has 0 spiro atoms. The summed E-state index contributed by atoms with van der Waals surface area (Å²) in [6, 6.07) is 7.05. The molecule has 3 N–H and O–H groups in total. The lowest BCUT2D eigenvalue weighted by Gasteiger charge is -2.25. The van der Waals surface area contributed by atoms with Gasteiger partial charge in [-0.05, 0) is 32.4 Å². The molecule has 1 aromatic rings. The van der Waals surface area contributed by atoms with Crippen LogP contribution in [-0.4, -0.2) is 64.0 Å². The van der Waals surface area contributed by atoms with E-state index >= 15 is 0 Å². The molecule has 0 aliphatic carbocycles. The molecule has 2 amide bonds. The summed E-state index contributed by atoms with van der Waals surface area (Å²) >= 11 is 0. The van der Waals surface area contributed by atoms with Gasteiger partial charge in [0.25, 0.3) is 11.8 Å². The second-order valence-corrected chi connectivity index (χ2v) is 9.37. The maximum atomic E-state index is 12.3. The van der Waals surface area contributed by atoms with E-state index in [1.165, 1.54) is 0 Å². The summed E-state index contributed by atoms with van der Waals surface area (Å²) in [5.41, 5.74) is -0.0969. The van der Waals surface area contributed by atoms with Gasteiger partial charge in [-0.3, -0.25) is 9.59 Å². The lowest BCUT2D eigenvalue weighted by molar-refractivity contribution is -0.881. The van der Waals surface area contributed by atoms with E-state index in [9.17, 15) is 18.0 Å². The fourth-order valence-electron chi connectivity index (χ4n) is 3.16. The van der Waals surface area contributed by atoms with Crippen LogP contribution in [0.2, 0.25) is 0 Å². The maximum Gasteiger partial charge on any atom is 0.279 e. The molecular weight excluding hydrogens is 370 g/mol. The molecule has 27 heavy (non-hydrogen) atoms. The van der Waals surface area contributed by atoms with Crippen LogP contribution in [0, 0.1) is 0 Å². The van der Waals surface area contributed by atoms with Crippen LogP contribution >= 0.6 is 0 Å². The third-order valence-corrected chi connectivity index (χ3v) is 6.52. The highest BCUT2D eigenvalue weighted by molar-refractivity contribution is 7.91. The quantitative estimate of drug-likeness (QED) is 0.533. The first-order valence-corrected chi connectivity index (χ1v) is 10.8. The molecule has 1 heterocycles. The van der Waals surface area contributed by atoms with Crippen molar-refractivity contribution in [3.63, 3.8) is 0 Å². The Bertz CT molecular complexity index is 796. The Morgan fingerprint density at radius 3 is 2.56 bits per heavy atom. The molecule has 1 unspecified atom stereocenters. The van der Waals surface area contributed by atoms with Crippen LogP contribution in [0.15, 0.2) is 24.3 Å². The highest BCUT2D eigenvalue weighted by Crippen LogP contribution is 2.22. The largest absolute Gasteiger partial charge is 0.497 e. The van der Waals surface area contributed by atoms with Crippen LogP contribution in [-0.2, 0) is 19.4 Å². The number of anilines is 1. The zero-order valence-corrected chi connectivity index (χ0v) is 16.8. The number of methoxy groups -OCH3 is 1. The topological polar surface area (TPSA) is 106 Å². The molecule has 0 bridgehead atoms. The van der Waals surface area contributed by atoms with Crippen LogP contribution in [0.25, 0.3) is 0 Å². The molecule has 1 aliphatic rings. The average molecular weight is 399 g/mol. The summed E-state index contributed by atoms with van der Waals surface area (Å²) in [6.45, 7) is 4.47. The van der Waals surface area contributed by atoms with Gasteiger partial charge < -0.3 is 20.3 Å². The fraction of sp³-hybridized carbons (Fsp3) is 0.556. The number of sulfone groups is 1. The summed E-state index contributed by atoms with van der Waals surface area (Å²) in [4.78, 5) is 25.4. The van der Waals surface area contributed by atoms with E-state index < -0.39 is 15.4 Å². The minimum Gasteiger partial charge on any atom is -0.497 e. The second kappa shape index (κ2) is 8.71. The Morgan fingerprint density at radius 2 is 1.96 bits per heavy atom. The standard InChI is InChI=1S/C18H27N3O5S/c1-4-21(11-16(22)19-14-6-5-7-15(10-14)26-3)12-17(23)20-18(2)8-9-27(24,25)13-18/h5-7,10H,4,8-9,11-13H2,1-3H3,(H,19,22)(H,20,23)/p+1/t18-/m1/s1. The van der Waals surface area contributed by atoms with Gasteiger partial charge in [-0.15, -0.1) is 0 Å². The van der Waals surface area contributed by atoms with E-state index in [1.54, 1.807) is 38.3 Å². The number of hydrogen-bond donors (Lipinski definition) is 3. The van der Waals surface area contributed by atoms with Crippen LogP contribution < -0.4 is 20.3 Å². The summed E-state index contributed by atoms with van der Waals surface area (Å²) in [7, 11) is -1.53. The molecule has 150 valence electrons. The Kier molecular flexibility index (Phi) is 6.83. The van der Waals surface area contributed by atoms with Crippen LogP contribution in [0.4, 0.5) is 5.69 Å². The summed E-state index contributed by atoms with van der Waals surface area (Å²) in [5, 5.41) is 5.62. The number of quaternary nitrogens is 1. The first kappa shape index (κ1) is 21.2. The number of ether oxygens (including phenoxy) is 1. The van der Waals surface area contributed by atoms with Gasteiger partial charge >= 0.3 is 0 Å². The van der Waals surface area contributed by atoms with E-state index in [2.05, 4.69) is 10.6 Å². The van der Waals surface area contributed by atoms with Gasteiger partial charge in [0.2, 0.25) is 0 Å². The van der Waals surface area contributed by atoms with Crippen molar-refractivity contribution in [3.05, 3.63) is 24.3 Å². The minimum atomic E-state index is -3.09. The van der Waals surface area contributed by atoms with Crippen molar-refractivity contribution in [1.82, 2.24) is 5.32 Å². The Morgan fingerprint density at radius 1 is 1.26 bits per heavy atom. The maximum absolute atomic E-state index is 12.3. The number of hydrogen-bond acceptors (Lipinski definition) is 5. The predicted molar refractivity (Wildman–Crippen MR) is 103 cm³/mol. The van der Waals surface area contributed by atoms with Crippen molar-refractivity contribution >= 4 is 27.3 Å². The van der Waals surface area contributed by atoms with Crippen LogP contribution in [0.1, 0.15) is 20.3 Å². The molecule has 1 aromatic carbocycles. The highest BCUT2D eigenvalue weighted by atomic mass is 32.2.